The Labute approximate surface area is 333 Å². The lowest BCUT2D eigenvalue weighted by molar-refractivity contribution is 0.360. The first kappa shape index (κ1) is 34.2. The van der Waals surface area contributed by atoms with Crippen molar-refractivity contribution in [2.75, 3.05) is 0 Å². The molecular formula is C54H39NO2. The number of hydrogen-bond donors (Lipinski definition) is 1. The molecule has 1 aliphatic heterocycles. The summed E-state index contributed by atoms with van der Waals surface area (Å²) < 4.78 is 13.6. The highest BCUT2D eigenvalue weighted by atomic mass is 16.6. The lowest BCUT2D eigenvalue weighted by Crippen LogP contribution is -2.28. The zero-order valence-corrected chi connectivity index (χ0v) is 31.3. The fourth-order valence-corrected chi connectivity index (χ4v) is 8.61. The van der Waals surface area contributed by atoms with E-state index in [1.807, 2.05) is 18.2 Å². The fourth-order valence-electron chi connectivity index (χ4n) is 8.61. The van der Waals surface area contributed by atoms with Gasteiger partial charge in [0.15, 0.2) is 23.0 Å². The number of rotatable bonds is 8. The van der Waals surface area contributed by atoms with Crippen LogP contribution in [0, 0.1) is 0 Å². The van der Waals surface area contributed by atoms with Crippen molar-refractivity contribution in [3.05, 3.63) is 251 Å². The molecule has 0 spiro atoms. The molecule has 0 fully saturated rings. The van der Waals surface area contributed by atoms with Crippen LogP contribution in [0.2, 0.25) is 0 Å². The molecule has 0 radical (unpaired) electrons. The van der Waals surface area contributed by atoms with Crippen LogP contribution in [0.15, 0.2) is 212 Å². The van der Waals surface area contributed by atoms with Gasteiger partial charge in [-0.25, -0.2) is 0 Å². The lowest BCUT2D eigenvalue weighted by Gasteiger charge is -2.34. The average Bonchev–Trinajstić information content (AvgIpc) is 3.59. The second-order valence-electron chi connectivity index (χ2n) is 14.6. The van der Waals surface area contributed by atoms with E-state index in [0.717, 1.165) is 50.3 Å². The molecule has 8 aromatic rings. The van der Waals surface area contributed by atoms with Crippen LogP contribution in [0.1, 0.15) is 38.9 Å². The van der Waals surface area contributed by atoms with Gasteiger partial charge in [0.25, 0.3) is 0 Å². The van der Waals surface area contributed by atoms with E-state index in [1.165, 1.54) is 22.3 Å². The zero-order valence-electron chi connectivity index (χ0n) is 31.3. The van der Waals surface area contributed by atoms with E-state index >= 15 is 0 Å². The summed E-state index contributed by atoms with van der Waals surface area (Å²) in [5.74, 6) is 2.85. The van der Waals surface area contributed by atoms with Gasteiger partial charge in [-0.2, -0.15) is 0 Å². The molecule has 2 N–H and O–H groups in total. The first-order valence-electron chi connectivity index (χ1n) is 19.4. The molecule has 0 atom stereocenters. The number of ether oxygens (including phenoxy) is 2. The Morgan fingerprint density at radius 2 is 1.11 bits per heavy atom. The van der Waals surface area contributed by atoms with Gasteiger partial charge in [0.1, 0.15) is 0 Å². The summed E-state index contributed by atoms with van der Waals surface area (Å²) in [5.41, 5.74) is 20.6. The summed E-state index contributed by atoms with van der Waals surface area (Å²) in [5, 5.41) is 0. The van der Waals surface area contributed by atoms with E-state index in [-0.39, 0.29) is 0 Å². The van der Waals surface area contributed by atoms with Gasteiger partial charge in [-0.1, -0.05) is 182 Å². The van der Waals surface area contributed by atoms with Gasteiger partial charge in [-0.05, 0) is 98.0 Å². The Bertz CT molecular complexity index is 2770. The molecule has 272 valence electrons. The molecule has 1 heterocycles. The minimum absolute atomic E-state index is 0.522. The predicted molar refractivity (Wildman–Crippen MR) is 233 cm³/mol. The Balaban J connectivity index is 1.02. The Hall–Kier alpha value is -7.36. The van der Waals surface area contributed by atoms with Crippen LogP contribution in [0.25, 0.3) is 33.5 Å². The van der Waals surface area contributed by atoms with Crippen molar-refractivity contribution in [3.63, 3.8) is 0 Å². The summed E-state index contributed by atoms with van der Waals surface area (Å²) in [4.78, 5) is 0. The third-order valence-corrected chi connectivity index (χ3v) is 11.3. The molecule has 0 saturated heterocycles. The minimum atomic E-state index is -0.522. The van der Waals surface area contributed by atoms with Gasteiger partial charge >= 0.3 is 0 Å². The van der Waals surface area contributed by atoms with Crippen molar-refractivity contribution in [2.45, 2.75) is 11.8 Å². The third-order valence-electron chi connectivity index (χ3n) is 11.3. The topological polar surface area (TPSA) is 44.5 Å². The summed E-state index contributed by atoms with van der Waals surface area (Å²) >= 11 is 0. The Morgan fingerprint density at radius 3 is 1.84 bits per heavy atom. The first-order valence-corrected chi connectivity index (χ1v) is 19.4. The SMILES string of the molecule is N/C(=C\C(=C/Cc1ccc2c(c1)Oc1c(ccc3c1-c1ccccc1C3(c1ccccc1)c1ccccc1)O2)c1ccccc1)c1cccc(-c2ccccc2)c1. The van der Waals surface area contributed by atoms with Crippen molar-refractivity contribution in [1.29, 1.82) is 0 Å². The first-order chi connectivity index (χ1) is 28.2. The van der Waals surface area contributed by atoms with Crippen LogP contribution in [0.5, 0.6) is 23.0 Å². The molecule has 0 unspecified atom stereocenters. The maximum Gasteiger partial charge on any atom is 0.178 e. The molecule has 0 amide bonds. The Morgan fingerprint density at radius 1 is 0.491 bits per heavy atom. The van der Waals surface area contributed by atoms with Crippen molar-refractivity contribution < 1.29 is 9.47 Å². The summed E-state index contributed by atoms with van der Waals surface area (Å²) in [6.45, 7) is 0. The van der Waals surface area contributed by atoms with Gasteiger partial charge in [-0.15, -0.1) is 0 Å². The van der Waals surface area contributed by atoms with E-state index < -0.39 is 5.41 Å². The minimum Gasteiger partial charge on any atom is -0.449 e. The van der Waals surface area contributed by atoms with Crippen molar-refractivity contribution in [2.24, 2.45) is 5.73 Å². The predicted octanol–water partition coefficient (Wildman–Crippen LogP) is 13.2. The number of allylic oxidation sites excluding steroid dienone is 3. The van der Waals surface area contributed by atoms with Crippen LogP contribution < -0.4 is 15.2 Å². The molecular weight excluding hydrogens is 695 g/mol. The Kier molecular flexibility index (Phi) is 8.61. The standard InChI is InChI=1S/C54H39NO2/c55-48(42-21-15-20-40(35-42)38-16-5-1-6-17-38)36-41(39-18-7-2-8-19-39)30-28-37-29-32-49-51(34-37)57-53-50(56-49)33-31-47-52(53)45-26-13-14-27-46(45)54(47,43-22-9-3-10-23-43)44-24-11-4-12-25-44/h1-27,29-36H,28,55H2/b41-30+,48-36-. The summed E-state index contributed by atoms with van der Waals surface area (Å²) in [6, 6.07) is 70.1. The van der Waals surface area contributed by atoms with Crippen LogP contribution in [0.3, 0.4) is 0 Å². The fraction of sp³-hybridized carbons (Fsp3) is 0.0370. The van der Waals surface area contributed by atoms with E-state index in [4.69, 9.17) is 15.2 Å². The molecule has 8 aromatic carbocycles. The van der Waals surface area contributed by atoms with Crippen LogP contribution >= 0.6 is 0 Å². The highest BCUT2D eigenvalue weighted by molar-refractivity contribution is 5.92. The highest BCUT2D eigenvalue weighted by Gasteiger charge is 2.48. The number of nitrogens with two attached hydrogens (primary N) is 1. The maximum absolute atomic E-state index is 6.97. The van der Waals surface area contributed by atoms with E-state index in [9.17, 15) is 0 Å². The molecule has 3 nitrogen and oxygen atoms in total. The van der Waals surface area contributed by atoms with Crippen molar-refractivity contribution in [1.82, 2.24) is 0 Å². The second kappa shape index (κ2) is 14.4. The molecule has 57 heavy (non-hydrogen) atoms. The molecule has 3 heteroatoms. The molecule has 1 aliphatic carbocycles. The van der Waals surface area contributed by atoms with Crippen LogP contribution in [-0.4, -0.2) is 0 Å². The largest absolute Gasteiger partial charge is 0.449 e. The van der Waals surface area contributed by atoms with E-state index in [0.29, 0.717) is 29.4 Å². The quantitative estimate of drug-likeness (QED) is 0.158. The molecule has 2 aliphatic rings. The van der Waals surface area contributed by atoms with Gasteiger partial charge in [0.05, 0.1) is 5.41 Å². The van der Waals surface area contributed by atoms with Gasteiger partial charge in [-0.3, -0.25) is 0 Å². The normalized spacial score (nSPS) is 13.7. The van der Waals surface area contributed by atoms with Gasteiger partial charge in [0, 0.05) is 11.3 Å². The van der Waals surface area contributed by atoms with Gasteiger partial charge < -0.3 is 15.2 Å². The van der Waals surface area contributed by atoms with E-state index in [1.54, 1.807) is 0 Å². The maximum atomic E-state index is 6.97. The zero-order chi connectivity index (χ0) is 38.2. The van der Waals surface area contributed by atoms with Crippen LogP contribution in [-0.2, 0) is 11.8 Å². The van der Waals surface area contributed by atoms with Gasteiger partial charge in [0.2, 0.25) is 0 Å². The van der Waals surface area contributed by atoms with Crippen molar-refractivity contribution >= 4 is 11.3 Å². The lowest BCUT2D eigenvalue weighted by atomic mass is 9.68. The van der Waals surface area contributed by atoms with Crippen LogP contribution in [0.4, 0.5) is 0 Å². The average molecular weight is 734 g/mol. The number of hydrogen-bond acceptors (Lipinski definition) is 3. The number of benzene rings is 8. The molecule has 10 rings (SSSR count). The number of fused-ring (bicyclic) bond motifs is 6. The third kappa shape index (κ3) is 6.01. The second-order valence-corrected chi connectivity index (χ2v) is 14.6. The summed E-state index contributed by atoms with van der Waals surface area (Å²) in [7, 11) is 0. The smallest absolute Gasteiger partial charge is 0.178 e. The van der Waals surface area contributed by atoms with Crippen molar-refractivity contribution in [3.8, 4) is 45.3 Å². The van der Waals surface area contributed by atoms with E-state index in [2.05, 4.69) is 194 Å². The molecule has 0 saturated carbocycles. The summed E-state index contributed by atoms with van der Waals surface area (Å²) in [6.07, 6.45) is 4.99. The highest BCUT2D eigenvalue weighted by Crippen LogP contribution is 2.62. The molecule has 0 aromatic heterocycles. The molecule has 0 bridgehead atoms. The monoisotopic (exact) mass is 733 g/mol.